The van der Waals surface area contributed by atoms with E-state index in [0.717, 1.165) is 31.8 Å². The largest absolute Gasteiger partial charge is 0.387 e. The van der Waals surface area contributed by atoms with Crippen LogP contribution in [0, 0.1) is 0 Å². The first-order chi connectivity index (χ1) is 8.06. The number of hydrogen-bond acceptors (Lipinski definition) is 4. The Labute approximate surface area is 107 Å². The van der Waals surface area contributed by atoms with Crippen molar-refractivity contribution in [3.8, 4) is 0 Å². The molecule has 4 heteroatoms. The van der Waals surface area contributed by atoms with E-state index < -0.39 is 0 Å². The number of aliphatic imine (C=N–C) groups is 1. The highest BCUT2D eigenvalue weighted by molar-refractivity contribution is 5.81. The molecule has 0 fully saturated rings. The summed E-state index contributed by atoms with van der Waals surface area (Å²) in [5, 5.41) is 3.06. The van der Waals surface area contributed by atoms with Crippen molar-refractivity contribution in [1.82, 2.24) is 10.2 Å². The molecule has 0 aromatic rings. The van der Waals surface area contributed by atoms with E-state index >= 15 is 0 Å². The van der Waals surface area contributed by atoms with Crippen LogP contribution in [0.4, 0.5) is 0 Å². The molecule has 0 bridgehead atoms. The summed E-state index contributed by atoms with van der Waals surface area (Å²) < 4.78 is 0. The minimum absolute atomic E-state index is 0.760. The van der Waals surface area contributed by atoms with Crippen LogP contribution < -0.4 is 11.1 Å². The third kappa shape index (κ3) is 15.1. The molecule has 1 heterocycles. The first kappa shape index (κ1) is 18.5. The molecule has 0 amide bonds. The normalized spacial score (nSPS) is 13.8. The van der Waals surface area contributed by atoms with E-state index in [1.54, 1.807) is 0 Å². The van der Waals surface area contributed by atoms with E-state index in [1.165, 1.54) is 5.57 Å². The fraction of sp³-hybridized carbons (Fsp3) is 0.769. The molecule has 0 spiro atoms. The van der Waals surface area contributed by atoms with Crippen LogP contribution in [0.1, 0.15) is 33.6 Å². The zero-order chi connectivity index (χ0) is 13.7. The van der Waals surface area contributed by atoms with Gasteiger partial charge in [0, 0.05) is 25.7 Å². The van der Waals surface area contributed by atoms with E-state index in [1.807, 2.05) is 27.1 Å². The van der Waals surface area contributed by atoms with Crippen LogP contribution in [-0.2, 0) is 0 Å². The second kappa shape index (κ2) is 13.2. The molecule has 0 saturated carbocycles. The highest BCUT2D eigenvalue weighted by atomic mass is 15.1. The zero-order valence-electron chi connectivity index (χ0n) is 12.4. The van der Waals surface area contributed by atoms with Gasteiger partial charge in [0.15, 0.2) is 0 Å². The number of nitrogens with two attached hydrogens (primary N) is 1. The van der Waals surface area contributed by atoms with Gasteiger partial charge in [-0.3, -0.25) is 0 Å². The molecule has 1 aliphatic rings. The summed E-state index contributed by atoms with van der Waals surface area (Å²) in [4.78, 5) is 6.09. The molecular weight excluding hydrogens is 212 g/mol. The molecule has 17 heavy (non-hydrogen) atoms. The Morgan fingerprint density at radius 2 is 1.94 bits per heavy atom. The van der Waals surface area contributed by atoms with Crippen LogP contribution in [0.2, 0.25) is 0 Å². The number of likely N-dealkylation sites (N-methyl/N-ethyl adjacent to an activating group) is 2. The van der Waals surface area contributed by atoms with Crippen LogP contribution >= 0.6 is 0 Å². The third-order valence-corrected chi connectivity index (χ3v) is 2.04. The number of allylic oxidation sites excluding steroid dienone is 1. The highest BCUT2D eigenvalue weighted by Crippen LogP contribution is 2.08. The van der Waals surface area contributed by atoms with E-state index in [0.29, 0.717) is 0 Å². The second-order valence-corrected chi connectivity index (χ2v) is 4.00. The Kier molecular flexibility index (Phi) is 14.4. The van der Waals surface area contributed by atoms with Crippen LogP contribution in [-0.4, -0.2) is 45.0 Å². The smallest absolute Gasteiger partial charge is 0.0992 e. The van der Waals surface area contributed by atoms with Crippen molar-refractivity contribution in [2.75, 3.05) is 34.2 Å². The average molecular weight is 242 g/mol. The van der Waals surface area contributed by atoms with Gasteiger partial charge in [0.05, 0.1) is 5.84 Å². The first-order valence-electron chi connectivity index (χ1n) is 6.33. The molecule has 0 aromatic heterocycles. The summed E-state index contributed by atoms with van der Waals surface area (Å²) in [5.74, 6) is 0.760. The summed E-state index contributed by atoms with van der Waals surface area (Å²) in [6.07, 6.45) is 3.84. The van der Waals surface area contributed by atoms with Gasteiger partial charge < -0.3 is 16.0 Å². The molecule has 0 atom stereocenters. The van der Waals surface area contributed by atoms with Crippen LogP contribution in [0.3, 0.4) is 0 Å². The topological polar surface area (TPSA) is 53.6 Å². The van der Waals surface area contributed by atoms with Crippen LogP contribution in [0.15, 0.2) is 16.8 Å². The van der Waals surface area contributed by atoms with E-state index in [4.69, 9.17) is 5.73 Å². The molecule has 0 radical (unpaired) electrons. The molecule has 1 aliphatic heterocycles. The molecule has 0 aliphatic carbocycles. The lowest BCUT2D eigenvalue weighted by Gasteiger charge is -2.06. The Morgan fingerprint density at radius 3 is 2.18 bits per heavy atom. The monoisotopic (exact) mass is 242 g/mol. The van der Waals surface area contributed by atoms with Crippen molar-refractivity contribution in [2.24, 2.45) is 10.7 Å². The van der Waals surface area contributed by atoms with Gasteiger partial charge in [0.25, 0.3) is 0 Å². The van der Waals surface area contributed by atoms with Gasteiger partial charge in [-0.05, 0) is 34.5 Å². The molecule has 4 nitrogen and oxygen atoms in total. The van der Waals surface area contributed by atoms with Crippen molar-refractivity contribution in [2.45, 2.75) is 33.6 Å². The average Bonchev–Trinajstić information content (AvgIpc) is 2.34. The van der Waals surface area contributed by atoms with Gasteiger partial charge in [-0.15, -0.1) is 0 Å². The van der Waals surface area contributed by atoms with Crippen molar-refractivity contribution in [3.63, 3.8) is 0 Å². The summed E-state index contributed by atoms with van der Waals surface area (Å²) >= 11 is 0. The summed E-state index contributed by atoms with van der Waals surface area (Å²) in [6, 6.07) is 0. The SMILES string of the molecule is CC.CC1=CN=C(N)CC1.CNCCN(C)C. The number of nitrogens with zero attached hydrogens (tertiary/aromatic N) is 2. The summed E-state index contributed by atoms with van der Waals surface area (Å²) in [5.41, 5.74) is 6.72. The Morgan fingerprint density at radius 1 is 1.35 bits per heavy atom. The van der Waals surface area contributed by atoms with Gasteiger partial charge in [-0.1, -0.05) is 19.4 Å². The third-order valence-electron chi connectivity index (χ3n) is 2.04. The van der Waals surface area contributed by atoms with Gasteiger partial charge in [0.2, 0.25) is 0 Å². The molecular formula is C13H30N4. The predicted molar refractivity (Wildman–Crippen MR) is 78.4 cm³/mol. The number of rotatable bonds is 3. The zero-order valence-corrected chi connectivity index (χ0v) is 12.4. The van der Waals surface area contributed by atoms with Crippen LogP contribution in [0.5, 0.6) is 0 Å². The molecule has 102 valence electrons. The number of hydrogen-bond donors (Lipinski definition) is 2. The lowest BCUT2D eigenvalue weighted by molar-refractivity contribution is 0.407. The Hall–Kier alpha value is -0.870. The summed E-state index contributed by atoms with van der Waals surface area (Å²) in [7, 11) is 6.10. The van der Waals surface area contributed by atoms with Crippen molar-refractivity contribution in [3.05, 3.63) is 11.8 Å². The second-order valence-electron chi connectivity index (χ2n) is 4.00. The van der Waals surface area contributed by atoms with Gasteiger partial charge in [-0.2, -0.15) is 0 Å². The minimum atomic E-state index is 0.760. The lowest BCUT2D eigenvalue weighted by atomic mass is 10.1. The number of nitrogens with one attached hydrogen (secondary N) is 1. The van der Waals surface area contributed by atoms with Gasteiger partial charge in [0.1, 0.15) is 0 Å². The maximum absolute atomic E-state index is 5.40. The highest BCUT2D eigenvalue weighted by Gasteiger charge is 1.98. The van der Waals surface area contributed by atoms with Crippen LogP contribution in [0.25, 0.3) is 0 Å². The Balaban J connectivity index is 0. The van der Waals surface area contributed by atoms with E-state index in [9.17, 15) is 0 Å². The maximum atomic E-state index is 5.40. The molecule has 0 saturated heterocycles. The van der Waals surface area contributed by atoms with Crippen molar-refractivity contribution >= 4 is 5.84 Å². The molecule has 3 N–H and O–H groups in total. The van der Waals surface area contributed by atoms with E-state index in [-0.39, 0.29) is 0 Å². The maximum Gasteiger partial charge on any atom is 0.0992 e. The first-order valence-corrected chi connectivity index (χ1v) is 6.33. The fourth-order valence-corrected chi connectivity index (χ4v) is 0.983. The molecule has 0 aromatic carbocycles. The minimum Gasteiger partial charge on any atom is -0.387 e. The lowest BCUT2D eigenvalue weighted by Crippen LogP contribution is -2.23. The van der Waals surface area contributed by atoms with Crippen molar-refractivity contribution < 1.29 is 0 Å². The van der Waals surface area contributed by atoms with Gasteiger partial charge in [-0.25, -0.2) is 4.99 Å². The quantitative estimate of drug-likeness (QED) is 0.794. The van der Waals surface area contributed by atoms with E-state index in [2.05, 4.69) is 36.2 Å². The fourth-order valence-electron chi connectivity index (χ4n) is 0.983. The van der Waals surface area contributed by atoms with Crippen molar-refractivity contribution in [1.29, 1.82) is 0 Å². The molecule has 0 unspecified atom stereocenters. The Bertz CT molecular complexity index is 201. The number of amidine groups is 1. The molecule has 1 rings (SSSR count). The predicted octanol–water partition coefficient (Wildman–Crippen LogP) is 1.83. The summed E-state index contributed by atoms with van der Waals surface area (Å²) in [6.45, 7) is 8.26. The standard InChI is InChI=1S/C6H10N2.C5H14N2.C2H6/c1-5-2-3-6(7)8-4-5;1-6-4-5-7(2)3;1-2/h4H,2-3H2,1H3,(H2,7,8);6H,4-5H2,1-3H3;1-2H3. The van der Waals surface area contributed by atoms with Gasteiger partial charge >= 0.3 is 0 Å².